The molecular weight excluding hydrogens is 332 g/mol. The van der Waals surface area contributed by atoms with Crippen molar-refractivity contribution in [3.05, 3.63) is 95.1 Å². The molecule has 0 bridgehead atoms. The molecule has 2 heteroatoms. The van der Waals surface area contributed by atoms with E-state index < -0.39 is 5.97 Å². The molecule has 2 nitrogen and oxygen atoms in total. The van der Waals surface area contributed by atoms with Crippen LogP contribution in [0.5, 0.6) is 0 Å². The van der Waals surface area contributed by atoms with E-state index in [1.807, 2.05) is 6.07 Å². The topological polar surface area (TPSA) is 37.3 Å². The molecule has 27 heavy (non-hydrogen) atoms. The van der Waals surface area contributed by atoms with Gasteiger partial charge in [0.1, 0.15) is 0 Å². The molecule has 3 aromatic rings. The lowest BCUT2D eigenvalue weighted by atomic mass is 9.94. The number of rotatable bonds is 5. The summed E-state index contributed by atoms with van der Waals surface area (Å²) < 4.78 is 0. The zero-order chi connectivity index (χ0) is 18.6. The van der Waals surface area contributed by atoms with Crippen molar-refractivity contribution in [2.75, 3.05) is 0 Å². The lowest BCUT2D eigenvalue weighted by Gasteiger charge is -2.10. The van der Waals surface area contributed by atoms with E-state index in [9.17, 15) is 4.79 Å². The van der Waals surface area contributed by atoms with Gasteiger partial charge in [0.15, 0.2) is 0 Å². The van der Waals surface area contributed by atoms with E-state index in [-0.39, 0.29) is 6.42 Å². The van der Waals surface area contributed by atoms with Crippen LogP contribution in [0.15, 0.2) is 78.4 Å². The van der Waals surface area contributed by atoms with E-state index in [1.165, 1.54) is 38.6 Å². The van der Waals surface area contributed by atoms with Gasteiger partial charge in [0, 0.05) is 6.42 Å². The molecule has 134 valence electrons. The van der Waals surface area contributed by atoms with Crippen LogP contribution in [0, 0.1) is 0 Å². The highest BCUT2D eigenvalue weighted by molar-refractivity contribution is 5.99. The minimum atomic E-state index is -0.727. The average molecular weight is 354 g/mol. The summed E-state index contributed by atoms with van der Waals surface area (Å²) in [6, 6.07) is 23.3. The zero-order valence-electron chi connectivity index (χ0n) is 15.2. The third-order valence-electron chi connectivity index (χ3n) is 5.13. The molecule has 0 saturated heterocycles. The Morgan fingerprint density at radius 2 is 1.67 bits per heavy atom. The number of carbonyl (C=O) groups is 1. The van der Waals surface area contributed by atoms with Crippen molar-refractivity contribution in [3.8, 4) is 0 Å². The van der Waals surface area contributed by atoms with E-state index in [0.29, 0.717) is 6.42 Å². The molecule has 0 heterocycles. The highest BCUT2D eigenvalue weighted by atomic mass is 16.4. The molecule has 0 aliphatic heterocycles. The Morgan fingerprint density at radius 1 is 0.889 bits per heavy atom. The molecule has 0 radical (unpaired) electrons. The van der Waals surface area contributed by atoms with Crippen molar-refractivity contribution in [1.82, 2.24) is 0 Å². The zero-order valence-corrected chi connectivity index (χ0v) is 15.2. The summed E-state index contributed by atoms with van der Waals surface area (Å²) in [5.74, 6) is -0.727. The van der Waals surface area contributed by atoms with Gasteiger partial charge in [-0.05, 0) is 58.4 Å². The van der Waals surface area contributed by atoms with Gasteiger partial charge in [-0.15, -0.1) is 0 Å². The van der Waals surface area contributed by atoms with Gasteiger partial charge >= 0.3 is 5.97 Å². The van der Waals surface area contributed by atoms with Crippen molar-refractivity contribution >= 4 is 28.4 Å². The number of carboxylic acid groups (broad SMARTS) is 1. The van der Waals surface area contributed by atoms with E-state index in [4.69, 9.17) is 5.11 Å². The molecule has 0 amide bonds. The summed E-state index contributed by atoms with van der Waals surface area (Å²) in [6.07, 6.45) is 7.11. The molecule has 0 unspecified atom stereocenters. The van der Waals surface area contributed by atoms with Crippen molar-refractivity contribution in [2.45, 2.75) is 25.7 Å². The summed E-state index contributed by atoms with van der Waals surface area (Å²) in [7, 11) is 0. The van der Waals surface area contributed by atoms with Crippen LogP contribution >= 0.6 is 0 Å². The third kappa shape index (κ3) is 3.85. The standard InChI is InChI=1S/C25H22O2/c26-25(27)12-6-7-18-15-21-14-13-20-10-4-5-11-23(20)24(21)17-22(16-18)19-8-2-1-3-9-19/h1-5,8-11,13-14,16-17H,6-7,12,15H2,(H,26,27). The summed E-state index contributed by atoms with van der Waals surface area (Å²) in [6.45, 7) is 0. The highest BCUT2D eigenvalue weighted by Gasteiger charge is 2.14. The molecular formula is C25H22O2. The summed E-state index contributed by atoms with van der Waals surface area (Å²) in [5, 5.41) is 11.5. The Kier molecular flexibility index (Phi) is 4.88. The van der Waals surface area contributed by atoms with Crippen LogP contribution in [-0.2, 0) is 11.2 Å². The van der Waals surface area contributed by atoms with Gasteiger partial charge in [-0.1, -0.05) is 78.4 Å². The first-order chi connectivity index (χ1) is 13.2. The second-order valence-electron chi connectivity index (χ2n) is 7.05. The Bertz CT molecular complexity index is 1040. The third-order valence-corrected chi connectivity index (χ3v) is 5.13. The lowest BCUT2D eigenvalue weighted by molar-refractivity contribution is -0.137. The maximum atomic E-state index is 10.9. The fourth-order valence-electron chi connectivity index (χ4n) is 3.80. The molecule has 3 aromatic carbocycles. The van der Waals surface area contributed by atoms with Crippen LogP contribution in [0.25, 0.3) is 22.4 Å². The highest BCUT2D eigenvalue weighted by Crippen LogP contribution is 2.34. The number of benzene rings is 3. The van der Waals surface area contributed by atoms with Crippen LogP contribution in [0.4, 0.5) is 0 Å². The molecule has 1 aliphatic rings. The van der Waals surface area contributed by atoms with Gasteiger partial charge in [0.2, 0.25) is 0 Å². The normalized spacial score (nSPS) is 13.5. The predicted octanol–water partition coefficient (Wildman–Crippen LogP) is 6.12. The average Bonchev–Trinajstić information content (AvgIpc) is 2.88. The minimum absolute atomic E-state index is 0.215. The monoisotopic (exact) mass is 354 g/mol. The minimum Gasteiger partial charge on any atom is -0.481 e. The van der Waals surface area contributed by atoms with Crippen molar-refractivity contribution in [3.63, 3.8) is 0 Å². The van der Waals surface area contributed by atoms with E-state index in [2.05, 4.69) is 72.8 Å². The smallest absolute Gasteiger partial charge is 0.303 e. The second kappa shape index (κ2) is 7.63. The van der Waals surface area contributed by atoms with Gasteiger partial charge in [-0.25, -0.2) is 0 Å². The lowest BCUT2D eigenvalue weighted by Crippen LogP contribution is -1.97. The van der Waals surface area contributed by atoms with E-state index in [0.717, 1.165) is 12.8 Å². The van der Waals surface area contributed by atoms with Gasteiger partial charge in [-0.3, -0.25) is 4.79 Å². The maximum absolute atomic E-state index is 10.9. The summed E-state index contributed by atoms with van der Waals surface area (Å²) in [5.41, 5.74) is 6.25. The molecule has 0 fully saturated rings. The number of hydrogen-bond donors (Lipinski definition) is 1. The predicted molar refractivity (Wildman–Crippen MR) is 112 cm³/mol. The first-order valence-electron chi connectivity index (χ1n) is 9.40. The van der Waals surface area contributed by atoms with Gasteiger partial charge in [0.05, 0.1) is 0 Å². The maximum Gasteiger partial charge on any atom is 0.303 e. The SMILES string of the molecule is O=C(O)CCCC1=CC(c2ccccc2)=Cc2c(ccc3ccccc23)C1. The van der Waals surface area contributed by atoms with Crippen LogP contribution in [0.3, 0.4) is 0 Å². The first kappa shape index (κ1) is 17.3. The van der Waals surface area contributed by atoms with Crippen molar-refractivity contribution < 1.29 is 9.90 Å². The number of hydrogen-bond acceptors (Lipinski definition) is 1. The molecule has 1 N–H and O–H groups in total. The van der Waals surface area contributed by atoms with Crippen LogP contribution in [-0.4, -0.2) is 11.1 Å². The first-order valence-corrected chi connectivity index (χ1v) is 9.40. The number of aliphatic carboxylic acids is 1. The van der Waals surface area contributed by atoms with Crippen LogP contribution in [0.1, 0.15) is 36.0 Å². The Morgan fingerprint density at radius 3 is 2.48 bits per heavy atom. The number of fused-ring (bicyclic) bond motifs is 3. The van der Waals surface area contributed by atoms with Gasteiger partial charge in [-0.2, -0.15) is 0 Å². The van der Waals surface area contributed by atoms with E-state index in [1.54, 1.807) is 0 Å². The van der Waals surface area contributed by atoms with E-state index >= 15 is 0 Å². The molecule has 0 saturated carbocycles. The fraction of sp³-hybridized carbons (Fsp3) is 0.160. The van der Waals surface area contributed by atoms with Gasteiger partial charge < -0.3 is 5.11 Å². The second-order valence-corrected chi connectivity index (χ2v) is 7.05. The van der Waals surface area contributed by atoms with Gasteiger partial charge in [0.25, 0.3) is 0 Å². The molecule has 4 rings (SSSR count). The Labute approximate surface area is 159 Å². The summed E-state index contributed by atoms with van der Waals surface area (Å²) >= 11 is 0. The quantitative estimate of drug-likeness (QED) is 0.599. The molecule has 0 aromatic heterocycles. The van der Waals surface area contributed by atoms with Crippen molar-refractivity contribution in [1.29, 1.82) is 0 Å². The number of carboxylic acids is 1. The fourth-order valence-corrected chi connectivity index (χ4v) is 3.80. The summed E-state index contributed by atoms with van der Waals surface area (Å²) in [4.78, 5) is 10.9. The largest absolute Gasteiger partial charge is 0.481 e. The van der Waals surface area contributed by atoms with Crippen LogP contribution < -0.4 is 0 Å². The molecule has 0 spiro atoms. The number of allylic oxidation sites excluding steroid dienone is 3. The Balaban J connectivity index is 1.81. The molecule has 1 aliphatic carbocycles. The van der Waals surface area contributed by atoms with Crippen molar-refractivity contribution in [2.24, 2.45) is 0 Å². The Hall–Kier alpha value is -3.13. The van der Waals surface area contributed by atoms with Crippen LogP contribution in [0.2, 0.25) is 0 Å². The molecule has 0 atom stereocenters.